The molecule has 0 radical (unpaired) electrons. The van der Waals surface area contributed by atoms with Crippen molar-refractivity contribution in [1.82, 2.24) is 19.5 Å². The standard InChI is InChI=1S/C20H18N4O/c1-2-7-14(8-3-1)19-23-18-20(24(19)13-15-9-6-12-25-15)22-17-11-5-4-10-16(17)21-18/h1-5,7-8,10-11,15H,6,9,12-13H2/t15-/m1/s1. The number of aromatic nitrogens is 4. The Bertz CT molecular complexity index is 1040. The molecule has 2 aromatic heterocycles. The largest absolute Gasteiger partial charge is 0.376 e. The van der Waals surface area contributed by atoms with Crippen molar-refractivity contribution in [3.63, 3.8) is 0 Å². The van der Waals surface area contributed by atoms with Crippen molar-refractivity contribution < 1.29 is 4.74 Å². The molecule has 0 aliphatic carbocycles. The maximum Gasteiger partial charge on any atom is 0.198 e. The summed E-state index contributed by atoms with van der Waals surface area (Å²) in [5.74, 6) is 0.904. The Morgan fingerprint density at radius 2 is 1.68 bits per heavy atom. The van der Waals surface area contributed by atoms with E-state index in [2.05, 4.69) is 16.7 Å². The van der Waals surface area contributed by atoms with E-state index in [9.17, 15) is 0 Å². The lowest BCUT2D eigenvalue weighted by Crippen LogP contribution is -2.16. The van der Waals surface area contributed by atoms with Gasteiger partial charge in [-0.2, -0.15) is 0 Å². The Hall–Kier alpha value is -2.79. The van der Waals surface area contributed by atoms with Crippen LogP contribution in [0.4, 0.5) is 0 Å². The molecule has 0 bridgehead atoms. The van der Waals surface area contributed by atoms with E-state index in [1.807, 2.05) is 42.5 Å². The second kappa shape index (κ2) is 5.93. The van der Waals surface area contributed by atoms with Crippen molar-refractivity contribution in [2.24, 2.45) is 0 Å². The highest BCUT2D eigenvalue weighted by Gasteiger charge is 2.22. The molecule has 4 aromatic rings. The van der Waals surface area contributed by atoms with Gasteiger partial charge in [0.15, 0.2) is 11.3 Å². The normalized spacial score (nSPS) is 17.5. The molecule has 0 saturated carbocycles. The van der Waals surface area contributed by atoms with Gasteiger partial charge in [-0.25, -0.2) is 15.0 Å². The van der Waals surface area contributed by atoms with E-state index in [0.29, 0.717) is 5.65 Å². The zero-order valence-electron chi connectivity index (χ0n) is 13.8. The Kier molecular flexibility index (Phi) is 3.45. The second-order valence-electron chi connectivity index (χ2n) is 6.41. The van der Waals surface area contributed by atoms with Crippen LogP contribution in [0.15, 0.2) is 54.6 Å². The second-order valence-corrected chi connectivity index (χ2v) is 6.41. The number of imidazole rings is 1. The van der Waals surface area contributed by atoms with Crippen LogP contribution in [0.3, 0.4) is 0 Å². The number of nitrogens with zero attached hydrogens (tertiary/aromatic N) is 4. The van der Waals surface area contributed by atoms with Crippen LogP contribution in [0, 0.1) is 0 Å². The molecule has 1 fully saturated rings. The van der Waals surface area contributed by atoms with Gasteiger partial charge in [0, 0.05) is 12.2 Å². The van der Waals surface area contributed by atoms with Crippen molar-refractivity contribution in [3.05, 3.63) is 54.6 Å². The maximum atomic E-state index is 5.86. The minimum atomic E-state index is 0.216. The third-order valence-electron chi connectivity index (χ3n) is 4.70. The SMILES string of the molecule is c1ccc(-c2nc3nc4ccccc4nc3n2C[C@H]2CCCO2)cc1. The van der Waals surface area contributed by atoms with Crippen LogP contribution in [0.5, 0.6) is 0 Å². The number of fused-ring (bicyclic) bond motifs is 2. The van der Waals surface area contributed by atoms with Crippen molar-refractivity contribution in [2.45, 2.75) is 25.5 Å². The lowest BCUT2D eigenvalue weighted by Gasteiger charge is -2.13. The van der Waals surface area contributed by atoms with Crippen LogP contribution in [0.2, 0.25) is 0 Å². The van der Waals surface area contributed by atoms with Crippen LogP contribution >= 0.6 is 0 Å². The molecule has 0 spiro atoms. The average Bonchev–Trinajstić information content (AvgIpc) is 3.29. The third-order valence-corrected chi connectivity index (χ3v) is 4.70. The first-order valence-corrected chi connectivity index (χ1v) is 8.68. The molecule has 0 N–H and O–H groups in total. The van der Waals surface area contributed by atoms with Crippen molar-refractivity contribution in [1.29, 1.82) is 0 Å². The van der Waals surface area contributed by atoms with Gasteiger partial charge in [-0.05, 0) is 25.0 Å². The van der Waals surface area contributed by atoms with E-state index in [-0.39, 0.29) is 6.10 Å². The number of ether oxygens (including phenoxy) is 1. The average molecular weight is 330 g/mol. The molecule has 0 amide bonds. The molecule has 1 atom stereocenters. The van der Waals surface area contributed by atoms with E-state index in [0.717, 1.165) is 54.1 Å². The molecule has 5 rings (SSSR count). The highest BCUT2D eigenvalue weighted by molar-refractivity contribution is 5.84. The summed E-state index contributed by atoms with van der Waals surface area (Å²) in [5.41, 5.74) is 4.35. The predicted octanol–water partition coefficient (Wildman–Crippen LogP) is 3.83. The first-order chi connectivity index (χ1) is 12.4. The van der Waals surface area contributed by atoms with Gasteiger partial charge in [-0.3, -0.25) is 0 Å². The van der Waals surface area contributed by atoms with Crippen LogP contribution in [0.1, 0.15) is 12.8 Å². The fourth-order valence-electron chi connectivity index (χ4n) is 3.47. The molecule has 5 heteroatoms. The highest BCUT2D eigenvalue weighted by atomic mass is 16.5. The lowest BCUT2D eigenvalue weighted by atomic mass is 10.2. The van der Waals surface area contributed by atoms with Gasteiger partial charge in [-0.1, -0.05) is 42.5 Å². The van der Waals surface area contributed by atoms with E-state index in [4.69, 9.17) is 19.7 Å². The molecule has 1 aliphatic rings. The molecule has 1 aliphatic heterocycles. The van der Waals surface area contributed by atoms with Gasteiger partial charge in [0.25, 0.3) is 0 Å². The number of rotatable bonds is 3. The number of hydrogen-bond donors (Lipinski definition) is 0. The van der Waals surface area contributed by atoms with E-state index in [1.54, 1.807) is 0 Å². The highest BCUT2D eigenvalue weighted by Crippen LogP contribution is 2.26. The number of para-hydroxylation sites is 2. The minimum absolute atomic E-state index is 0.216. The van der Waals surface area contributed by atoms with Crippen LogP contribution in [-0.2, 0) is 11.3 Å². The monoisotopic (exact) mass is 330 g/mol. The van der Waals surface area contributed by atoms with Gasteiger partial charge < -0.3 is 9.30 Å². The molecule has 0 unspecified atom stereocenters. The number of hydrogen-bond acceptors (Lipinski definition) is 4. The molecule has 2 aromatic carbocycles. The summed E-state index contributed by atoms with van der Waals surface area (Å²) < 4.78 is 8.02. The molecule has 5 nitrogen and oxygen atoms in total. The van der Waals surface area contributed by atoms with E-state index in [1.165, 1.54) is 0 Å². The fraction of sp³-hybridized carbons (Fsp3) is 0.250. The molecular formula is C20H18N4O. The summed E-state index contributed by atoms with van der Waals surface area (Å²) in [6.45, 7) is 1.60. The zero-order valence-corrected chi connectivity index (χ0v) is 13.8. The quantitative estimate of drug-likeness (QED) is 0.573. The maximum absolute atomic E-state index is 5.86. The van der Waals surface area contributed by atoms with Gasteiger partial charge in [0.05, 0.1) is 23.7 Å². The third kappa shape index (κ3) is 2.57. The van der Waals surface area contributed by atoms with Gasteiger partial charge in [0.2, 0.25) is 0 Å². The first-order valence-electron chi connectivity index (χ1n) is 8.68. The first kappa shape index (κ1) is 14.5. The summed E-state index contributed by atoms with van der Waals surface area (Å²) in [5, 5.41) is 0. The topological polar surface area (TPSA) is 52.8 Å². The Morgan fingerprint density at radius 1 is 0.920 bits per heavy atom. The Morgan fingerprint density at radius 3 is 2.44 bits per heavy atom. The van der Waals surface area contributed by atoms with E-state index < -0.39 is 0 Å². The summed E-state index contributed by atoms with van der Waals surface area (Å²) >= 11 is 0. The zero-order chi connectivity index (χ0) is 16.6. The van der Waals surface area contributed by atoms with Crippen LogP contribution < -0.4 is 0 Å². The van der Waals surface area contributed by atoms with Crippen LogP contribution in [-0.4, -0.2) is 32.2 Å². The predicted molar refractivity (Wildman–Crippen MR) is 97.2 cm³/mol. The molecular weight excluding hydrogens is 312 g/mol. The summed E-state index contributed by atoms with van der Waals surface area (Å²) in [6.07, 6.45) is 2.41. The van der Waals surface area contributed by atoms with Crippen molar-refractivity contribution >= 4 is 22.3 Å². The van der Waals surface area contributed by atoms with Gasteiger partial charge in [0.1, 0.15) is 5.82 Å². The van der Waals surface area contributed by atoms with E-state index >= 15 is 0 Å². The summed E-state index contributed by atoms with van der Waals surface area (Å²) in [6, 6.07) is 18.2. The van der Waals surface area contributed by atoms with Gasteiger partial charge in [-0.15, -0.1) is 0 Å². The molecule has 3 heterocycles. The minimum Gasteiger partial charge on any atom is -0.376 e. The Balaban J connectivity index is 1.74. The molecule has 124 valence electrons. The molecule has 1 saturated heterocycles. The fourth-order valence-corrected chi connectivity index (χ4v) is 3.47. The van der Waals surface area contributed by atoms with Crippen molar-refractivity contribution in [2.75, 3.05) is 6.61 Å². The van der Waals surface area contributed by atoms with Crippen molar-refractivity contribution in [3.8, 4) is 11.4 Å². The summed E-state index contributed by atoms with van der Waals surface area (Å²) in [4.78, 5) is 14.4. The Labute approximate surface area is 145 Å². The lowest BCUT2D eigenvalue weighted by molar-refractivity contribution is 0.0981. The van der Waals surface area contributed by atoms with Crippen LogP contribution in [0.25, 0.3) is 33.7 Å². The summed E-state index contributed by atoms with van der Waals surface area (Å²) in [7, 11) is 0. The van der Waals surface area contributed by atoms with Gasteiger partial charge >= 0.3 is 0 Å². The smallest absolute Gasteiger partial charge is 0.198 e. The number of benzene rings is 2. The molecule has 25 heavy (non-hydrogen) atoms.